The topological polar surface area (TPSA) is 85.0 Å². The molecule has 25 heavy (non-hydrogen) atoms. The molecule has 0 saturated heterocycles. The van der Waals surface area contributed by atoms with Crippen molar-refractivity contribution < 1.29 is 0 Å². The normalized spacial score (nSPS) is 17.2. The molecule has 2 aromatic rings. The number of rotatable bonds is 4. The molecule has 1 aliphatic rings. The standard InChI is InChI=1S/C16H26N8.HI/c1-11(2)24-9-12-5-6-13(7-14(12)22-24)20-16(17-3)18-8-15-21-19-10-23(15)4;/h9-11,13H,5-8H2,1-4H3,(H2,17,18,20);1H. The Labute approximate surface area is 165 Å². The monoisotopic (exact) mass is 458 g/mol. The summed E-state index contributed by atoms with van der Waals surface area (Å²) in [7, 11) is 3.72. The molecule has 1 atom stereocenters. The Kier molecular flexibility index (Phi) is 6.79. The van der Waals surface area contributed by atoms with Crippen LogP contribution in [0.2, 0.25) is 0 Å². The lowest BCUT2D eigenvalue weighted by atomic mass is 9.94. The van der Waals surface area contributed by atoms with Gasteiger partial charge in [-0.3, -0.25) is 9.67 Å². The van der Waals surface area contributed by atoms with Gasteiger partial charge in [-0.15, -0.1) is 34.2 Å². The van der Waals surface area contributed by atoms with Crippen LogP contribution in [0.1, 0.15) is 43.4 Å². The Bertz CT molecular complexity index is 718. The van der Waals surface area contributed by atoms with Crippen molar-refractivity contribution in [2.75, 3.05) is 7.05 Å². The van der Waals surface area contributed by atoms with Crippen molar-refractivity contribution in [2.45, 2.75) is 51.7 Å². The molecule has 0 amide bonds. The smallest absolute Gasteiger partial charge is 0.191 e. The van der Waals surface area contributed by atoms with E-state index >= 15 is 0 Å². The predicted octanol–water partition coefficient (Wildman–Crippen LogP) is 1.43. The second-order valence-electron chi connectivity index (χ2n) is 6.54. The zero-order valence-corrected chi connectivity index (χ0v) is 17.6. The third-order valence-electron chi connectivity index (χ3n) is 4.41. The fraction of sp³-hybridized carbons (Fsp3) is 0.625. The number of aliphatic imine (C=N–C) groups is 1. The van der Waals surface area contributed by atoms with Gasteiger partial charge >= 0.3 is 0 Å². The number of nitrogens with one attached hydrogen (secondary N) is 2. The first-order chi connectivity index (χ1) is 11.6. The second-order valence-corrected chi connectivity index (χ2v) is 6.54. The first-order valence-corrected chi connectivity index (χ1v) is 8.43. The number of aromatic nitrogens is 5. The molecule has 2 heterocycles. The Morgan fingerprint density at radius 1 is 1.44 bits per heavy atom. The highest BCUT2D eigenvalue weighted by Crippen LogP contribution is 2.21. The number of hydrogen-bond donors (Lipinski definition) is 2. The van der Waals surface area contributed by atoms with Gasteiger partial charge in [-0.2, -0.15) is 5.10 Å². The summed E-state index contributed by atoms with van der Waals surface area (Å²) in [6.07, 6.45) is 6.96. The van der Waals surface area contributed by atoms with Gasteiger partial charge in [0.2, 0.25) is 0 Å². The summed E-state index contributed by atoms with van der Waals surface area (Å²) in [5, 5.41) is 19.5. The third-order valence-corrected chi connectivity index (χ3v) is 4.41. The largest absolute Gasteiger partial charge is 0.353 e. The van der Waals surface area contributed by atoms with Gasteiger partial charge in [0.25, 0.3) is 0 Å². The van der Waals surface area contributed by atoms with Crippen LogP contribution in [0.3, 0.4) is 0 Å². The minimum Gasteiger partial charge on any atom is -0.353 e. The van der Waals surface area contributed by atoms with Gasteiger partial charge in [0.15, 0.2) is 11.8 Å². The van der Waals surface area contributed by atoms with Crippen molar-refractivity contribution in [1.82, 2.24) is 35.2 Å². The molecule has 0 bridgehead atoms. The molecule has 138 valence electrons. The van der Waals surface area contributed by atoms with E-state index in [1.807, 2.05) is 11.6 Å². The Balaban J connectivity index is 0.00000225. The van der Waals surface area contributed by atoms with Gasteiger partial charge in [-0.1, -0.05) is 0 Å². The van der Waals surface area contributed by atoms with Crippen molar-refractivity contribution >= 4 is 29.9 Å². The van der Waals surface area contributed by atoms with E-state index in [1.165, 1.54) is 11.3 Å². The van der Waals surface area contributed by atoms with E-state index in [4.69, 9.17) is 5.10 Å². The molecule has 0 saturated carbocycles. The predicted molar refractivity (Wildman–Crippen MR) is 108 cm³/mol. The fourth-order valence-electron chi connectivity index (χ4n) is 2.92. The number of hydrogen-bond acceptors (Lipinski definition) is 4. The van der Waals surface area contributed by atoms with E-state index in [0.29, 0.717) is 18.6 Å². The van der Waals surface area contributed by atoms with Crippen molar-refractivity contribution in [3.63, 3.8) is 0 Å². The lowest BCUT2D eigenvalue weighted by Crippen LogP contribution is -2.45. The van der Waals surface area contributed by atoms with E-state index in [0.717, 1.165) is 31.0 Å². The summed E-state index contributed by atoms with van der Waals surface area (Å²) in [6.45, 7) is 4.91. The number of nitrogens with zero attached hydrogens (tertiary/aromatic N) is 6. The highest BCUT2D eigenvalue weighted by Gasteiger charge is 2.23. The number of guanidine groups is 1. The van der Waals surface area contributed by atoms with Crippen LogP contribution < -0.4 is 10.6 Å². The van der Waals surface area contributed by atoms with Crippen molar-refractivity contribution in [3.05, 3.63) is 29.6 Å². The molecule has 9 heteroatoms. The van der Waals surface area contributed by atoms with Crippen LogP contribution in [-0.2, 0) is 26.4 Å². The average molecular weight is 458 g/mol. The molecule has 2 N–H and O–H groups in total. The molecule has 0 aromatic carbocycles. The summed E-state index contributed by atoms with van der Waals surface area (Å²) >= 11 is 0. The Morgan fingerprint density at radius 2 is 2.24 bits per heavy atom. The first kappa shape index (κ1) is 19.7. The van der Waals surface area contributed by atoms with E-state index in [2.05, 4.69) is 50.5 Å². The van der Waals surface area contributed by atoms with Crippen LogP contribution in [-0.4, -0.2) is 43.6 Å². The molecule has 3 rings (SSSR count). The Morgan fingerprint density at radius 3 is 2.88 bits per heavy atom. The molecule has 2 aromatic heterocycles. The zero-order valence-electron chi connectivity index (χ0n) is 15.2. The fourth-order valence-corrected chi connectivity index (χ4v) is 2.92. The van der Waals surface area contributed by atoms with E-state index in [-0.39, 0.29) is 24.0 Å². The molecule has 0 spiro atoms. The number of halogens is 1. The highest BCUT2D eigenvalue weighted by molar-refractivity contribution is 14.0. The molecule has 0 fully saturated rings. The number of aryl methyl sites for hydroxylation is 2. The average Bonchev–Trinajstić information content (AvgIpc) is 3.17. The molecule has 0 radical (unpaired) electrons. The quantitative estimate of drug-likeness (QED) is 0.412. The maximum absolute atomic E-state index is 4.73. The molecule has 8 nitrogen and oxygen atoms in total. The van der Waals surface area contributed by atoms with Crippen LogP contribution >= 0.6 is 24.0 Å². The van der Waals surface area contributed by atoms with Gasteiger partial charge in [0, 0.05) is 38.8 Å². The minimum atomic E-state index is 0. The maximum Gasteiger partial charge on any atom is 0.191 e. The highest BCUT2D eigenvalue weighted by atomic mass is 127. The molecule has 1 unspecified atom stereocenters. The number of fused-ring (bicyclic) bond motifs is 1. The van der Waals surface area contributed by atoms with Gasteiger partial charge in [-0.25, -0.2) is 0 Å². The van der Waals surface area contributed by atoms with Gasteiger partial charge in [0.05, 0.1) is 12.2 Å². The van der Waals surface area contributed by atoms with Gasteiger partial charge < -0.3 is 15.2 Å². The van der Waals surface area contributed by atoms with Crippen LogP contribution in [0.5, 0.6) is 0 Å². The lowest BCUT2D eigenvalue weighted by Gasteiger charge is -2.24. The van der Waals surface area contributed by atoms with Crippen LogP contribution in [0.15, 0.2) is 17.5 Å². The van der Waals surface area contributed by atoms with E-state index < -0.39 is 0 Å². The van der Waals surface area contributed by atoms with Crippen LogP contribution in [0.25, 0.3) is 0 Å². The molecular formula is C16H27IN8. The van der Waals surface area contributed by atoms with Crippen molar-refractivity contribution in [1.29, 1.82) is 0 Å². The summed E-state index contributed by atoms with van der Waals surface area (Å²) in [5.74, 6) is 1.66. The minimum absolute atomic E-state index is 0. The maximum atomic E-state index is 4.73. The molecular weight excluding hydrogens is 431 g/mol. The summed E-state index contributed by atoms with van der Waals surface area (Å²) in [5.41, 5.74) is 2.58. The third kappa shape index (κ3) is 4.71. The van der Waals surface area contributed by atoms with Crippen molar-refractivity contribution in [2.24, 2.45) is 12.0 Å². The van der Waals surface area contributed by atoms with Crippen LogP contribution in [0.4, 0.5) is 0 Å². The lowest BCUT2D eigenvalue weighted by molar-refractivity contribution is 0.499. The van der Waals surface area contributed by atoms with Gasteiger partial charge in [-0.05, 0) is 32.3 Å². The molecule has 1 aliphatic carbocycles. The summed E-state index contributed by atoms with van der Waals surface area (Å²) < 4.78 is 3.96. The SMILES string of the molecule is CN=C(NCc1nncn1C)NC1CCc2cn(C(C)C)nc2C1.I. The summed E-state index contributed by atoms with van der Waals surface area (Å²) in [4.78, 5) is 4.31. The molecule has 0 aliphatic heterocycles. The zero-order chi connectivity index (χ0) is 17.1. The van der Waals surface area contributed by atoms with Gasteiger partial charge in [0.1, 0.15) is 6.33 Å². The van der Waals surface area contributed by atoms with Crippen molar-refractivity contribution in [3.8, 4) is 0 Å². The summed E-state index contributed by atoms with van der Waals surface area (Å²) in [6, 6.07) is 0.751. The van der Waals surface area contributed by atoms with Crippen LogP contribution in [0, 0.1) is 0 Å². The Hall–Kier alpha value is -1.65. The second kappa shape index (κ2) is 8.63. The van der Waals surface area contributed by atoms with E-state index in [1.54, 1.807) is 13.4 Å². The first-order valence-electron chi connectivity index (χ1n) is 8.43. The van der Waals surface area contributed by atoms with E-state index in [9.17, 15) is 0 Å².